The number of nitrogens with one attached hydrogen (secondary N) is 1. The number of aryl methyl sites for hydroxylation is 1. The maximum Gasteiger partial charge on any atom is 0.266 e. The first-order valence-corrected chi connectivity index (χ1v) is 8.50. The van der Waals surface area contributed by atoms with E-state index in [-0.39, 0.29) is 11.5 Å². The summed E-state index contributed by atoms with van der Waals surface area (Å²) in [5, 5.41) is 18.4. The van der Waals surface area contributed by atoms with Gasteiger partial charge in [0.1, 0.15) is 11.1 Å². The number of rotatable bonds is 4. The van der Waals surface area contributed by atoms with E-state index in [2.05, 4.69) is 21.4 Å². The highest BCUT2D eigenvalue weighted by Gasteiger charge is 2.19. The fraction of sp³-hybridized carbons (Fsp3) is 0.375. The fourth-order valence-electron chi connectivity index (χ4n) is 2.69. The molecule has 0 aliphatic carbocycles. The molecule has 0 spiro atoms. The summed E-state index contributed by atoms with van der Waals surface area (Å²) in [5.41, 5.74) is 2.27. The standard InChI is InChI=1S/C16H17N5O2S/c1-20-15(23)8-12-10-21(5-2-13(12)19-20)6-3-14(22)18-16-11(9-17)4-7-24-16/h4,7-8H,2-3,5-6,10H2,1H3,(H,18,22). The van der Waals surface area contributed by atoms with E-state index in [9.17, 15) is 9.59 Å². The molecule has 1 aliphatic rings. The number of nitrogens with zero attached hydrogens (tertiary/aromatic N) is 4. The van der Waals surface area contributed by atoms with Gasteiger partial charge in [-0.25, -0.2) is 4.68 Å². The second-order valence-electron chi connectivity index (χ2n) is 5.68. The Hall–Kier alpha value is -2.50. The van der Waals surface area contributed by atoms with Crippen molar-refractivity contribution in [2.45, 2.75) is 19.4 Å². The van der Waals surface area contributed by atoms with Crippen LogP contribution in [-0.4, -0.2) is 33.7 Å². The van der Waals surface area contributed by atoms with Gasteiger partial charge in [0.05, 0.1) is 11.3 Å². The molecule has 0 radical (unpaired) electrons. The average Bonchev–Trinajstić information content (AvgIpc) is 3.01. The molecule has 3 heterocycles. The fourth-order valence-corrected chi connectivity index (χ4v) is 3.44. The lowest BCUT2D eigenvalue weighted by Gasteiger charge is -2.27. The summed E-state index contributed by atoms with van der Waals surface area (Å²) in [7, 11) is 1.65. The minimum absolute atomic E-state index is 0.109. The molecule has 0 saturated heterocycles. The second-order valence-corrected chi connectivity index (χ2v) is 6.59. The van der Waals surface area contributed by atoms with Crippen molar-refractivity contribution in [1.82, 2.24) is 14.7 Å². The Morgan fingerprint density at radius 1 is 1.54 bits per heavy atom. The minimum Gasteiger partial charge on any atom is -0.317 e. The summed E-state index contributed by atoms with van der Waals surface area (Å²) in [4.78, 5) is 25.9. The lowest BCUT2D eigenvalue weighted by atomic mass is 10.1. The van der Waals surface area contributed by atoms with Crippen LogP contribution < -0.4 is 10.9 Å². The minimum atomic E-state index is -0.116. The first kappa shape index (κ1) is 16.4. The normalized spacial score (nSPS) is 14.0. The highest BCUT2D eigenvalue weighted by molar-refractivity contribution is 7.14. The monoisotopic (exact) mass is 343 g/mol. The molecule has 0 saturated carbocycles. The van der Waals surface area contributed by atoms with Gasteiger partial charge in [-0.2, -0.15) is 10.4 Å². The Bertz CT molecular complexity index is 864. The maximum atomic E-state index is 12.1. The first-order chi connectivity index (χ1) is 11.6. The Kier molecular flexibility index (Phi) is 4.74. The molecule has 1 aliphatic heterocycles. The van der Waals surface area contributed by atoms with Crippen molar-refractivity contribution in [2.75, 3.05) is 18.4 Å². The highest BCUT2D eigenvalue weighted by atomic mass is 32.1. The van der Waals surface area contributed by atoms with E-state index >= 15 is 0 Å². The van der Waals surface area contributed by atoms with Crippen LogP contribution in [0.15, 0.2) is 22.3 Å². The lowest BCUT2D eigenvalue weighted by Crippen LogP contribution is -2.36. The van der Waals surface area contributed by atoms with Crippen molar-refractivity contribution in [3.05, 3.63) is 44.7 Å². The summed E-state index contributed by atoms with van der Waals surface area (Å²) in [6, 6.07) is 5.37. The predicted octanol–water partition coefficient (Wildman–Crippen LogP) is 1.10. The predicted molar refractivity (Wildman–Crippen MR) is 90.7 cm³/mol. The van der Waals surface area contributed by atoms with Gasteiger partial charge in [0.2, 0.25) is 5.91 Å². The van der Waals surface area contributed by atoms with Crippen LogP contribution in [-0.2, 0) is 24.8 Å². The Morgan fingerprint density at radius 3 is 3.17 bits per heavy atom. The number of nitriles is 1. The van der Waals surface area contributed by atoms with E-state index in [0.717, 1.165) is 24.2 Å². The molecule has 8 heteroatoms. The number of hydrogen-bond acceptors (Lipinski definition) is 6. The van der Waals surface area contributed by atoms with Gasteiger partial charge in [-0.3, -0.25) is 14.5 Å². The van der Waals surface area contributed by atoms with Crippen molar-refractivity contribution in [3.8, 4) is 6.07 Å². The molecular formula is C16H17N5O2S. The molecule has 0 unspecified atom stereocenters. The Balaban J connectivity index is 1.56. The SMILES string of the molecule is Cn1nc2c(cc1=O)CN(CCC(=O)Nc1sccc1C#N)CC2. The number of aromatic nitrogens is 2. The van der Waals surface area contributed by atoms with Gasteiger partial charge < -0.3 is 5.32 Å². The van der Waals surface area contributed by atoms with Crippen LogP contribution in [0.5, 0.6) is 0 Å². The number of thiophene rings is 1. The van der Waals surface area contributed by atoms with Crippen molar-refractivity contribution in [2.24, 2.45) is 7.05 Å². The zero-order valence-electron chi connectivity index (χ0n) is 13.3. The van der Waals surface area contributed by atoms with Crippen LogP contribution in [0.2, 0.25) is 0 Å². The molecule has 0 bridgehead atoms. The van der Waals surface area contributed by atoms with Crippen molar-refractivity contribution in [3.63, 3.8) is 0 Å². The molecule has 24 heavy (non-hydrogen) atoms. The van der Waals surface area contributed by atoms with E-state index in [4.69, 9.17) is 5.26 Å². The van der Waals surface area contributed by atoms with Crippen LogP contribution in [0.4, 0.5) is 5.00 Å². The van der Waals surface area contributed by atoms with Gasteiger partial charge in [-0.15, -0.1) is 11.3 Å². The summed E-state index contributed by atoms with van der Waals surface area (Å²) in [6.07, 6.45) is 1.12. The zero-order chi connectivity index (χ0) is 17.1. The van der Waals surface area contributed by atoms with Crippen LogP contribution >= 0.6 is 11.3 Å². The number of carbonyl (C=O) groups excluding carboxylic acids is 1. The highest BCUT2D eigenvalue weighted by Crippen LogP contribution is 2.22. The molecule has 124 valence electrons. The quantitative estimate of drug-likeness (QED) is 0.898. The number of hydrogen-bond donors (Lipinski definition) is 1. The van der Waals surface area contributed by atoms with E-state index in [1.165, 1.54) is 16.0 Å². The summed E-state index contributed by atoms with van der Waals surface area (Å²) in [6.45, 7) is 2.05. The molecule has 7 nitrogen and oxygen atoms in total. The van der Waals surface area contributed by atoms with E-state index in [0.29, 0.717) is 30.1 Å². The van der Waals surface area contributed by atoms with Gasteiger partial charge in [0.25, 0.3) is 5.56 Å². The summed E-state index contributed by atoms with van der Waals surface area (Å²) >= 11 is 1.34. The topological polar surface area (TPSA) is 91.0 Å². The number of amides is 1. The molecule has 1 amide bonds. The van der Waals surface area contributed by atoms with E-state index in [1.807, 2.05) is 0 Å². The Labute approximate surface area is 143 Å². The molecule has 0 atom stereocenters. The average molecular weight is 343 g/mol. The summed E-state index contributed by atoms with van der Waals surface area (Å²) < 4.78 is 1.36. The third-order valence-electron chi connectivity index (χ3n) is 4.01. The van der Waals surface area contributed by atoms with Gasteiger partial charge >= 0.3 is 0 Å². The van der Waals surface area contributed by atoms with Crippen molar-refractivity contribution < 1.29 is 4.79 Å². The number of carbonyl (C=O) groups is 1. The largest absolute Gasteiger partial charge is 0.317 e. The summed E-state index contributed by atoms with van der Waals surface area (Å²) in [5.74, 6) is -0.109. The molecule has 0 fully saturated rings. The third-order valence-corrected chi connectivity index (χ3v) is 4.84. The van der Waals surface area contributed by atoms with Crippen LogP contribution in [0.1, 0.15) is 23.2 Å². The van der Waals surface area contributed by atoms with Gasteiger partial charge in [-0.1, -0.05) is 0 Å². The van der Waals surface area contributed by atoms with Gasteiger partial charge in [0.15, 0.2) is 0 Å². The van der Waals surface area contributed by atoms with Crippen LogP contribution in [0, 0.1) is 11.3 Å². The molecule has 1 N–H and O–H groups in total. The third kappa shape index (κ3) is 3.53. The second kappa shape index (κ2) is 6.95. The van der Waals surface area contributed by atoms with Gasteiger partial charge in [-0.05, 0) is 17.0 Å². The molecule has 0 aromatic carbocycles. The number of fused-ring (bicyclic) bond motifs is 1. The maximum absolute atomic E-state index is 12.1. The van der Waals surface area contributed by atoms with Crippen molar-refractivity contribution >= 4 is 22.2 Å². The Morgan fingerprint density at radius 2 is 2.38 bits per heavy atom. The van der Waals surface area contributed by atoms with Crippen molar-refractivity contribution in [1.29, 1.82) is 5.26 Å². The lowest BCUT2D eigenvalue weighted by molar-refractivity contribution is -0.116. The zero-order valence-corrected chi connectivity index (χ0v) is 14.1. The first-order valence-electron chi connectivity index (χ1n) is 7.62. The smallest absolute Gasteiger partial charge is 0.266 e. The van der Waals surface area contributed by atoms with E-state index in [1.54, 1.807) is 24.6 Å². The van der Waals surface area contributed by atoms with E-state index < -0.39 is 0 Å². The van der Waals surface area contributed by atoms with Crippen LogP contribution in [0.25, 0.3) is 0 Å². The van der Waals surface area contributed by atoms with Gasteiger partial charge in [0, 0.05) is 45.6 Å². The molecular weight excluding hydrogens is 326 g/mol. The molecule has 2 aromatic heterocycles. The molecule has 2 aromatic rings. The molecule has 3 rings (SSSR count). The number of anilines is 1. The van der Waals surface area contributed by atoms with Crippen LogP contribution in [0.3, 0.4) is 0 Å².